The second kappa shape index (κ2) is 7.74. The summed E-state index contributed by atoms with van der Waals surface area (Å²) in [7, 11) is 0. The largest absolute Gasteiger partial charge is 0.466 e. The zero-order valence-corrected chi connectivity index (χ0v) is 12.7. The average molecular weight is 349 g/mol. The smallest absolute Gasteiger partial charge is 0.254 e. The SMILES string of the molecule is Cc1cc(C(=O)NCCCCCCI)c(C)o1. The first-order chi connectivity index (χ1) is 8.15. The summed E-state index contributed by atoms with van der Waals surface area (Å²) in [6.07, 6.45) is 4.77. The van der Waals surface area contributed by atoms with Crippen LogP contribution in [0.25, 0.3) is 0 Å². The van der Waals surface area contributed by atoms with Crippen LogP contribution in [0.1, 0.15) is 47.6 Å². The first-order valence-electron chi connectivity index (χ1n) is 6.06. The van der Waals surface area contributed by atoms with E-state index < -0.39 is 0 Å². The van der Waals surface area contributed by atoms with Crippen LogP contribution < -0.4 is 5.32 Å². The summed E-state index contributed by atoms with van der Waals surface area (Å²) >= 11 is 2.39. The molecular weight excluding hydrogens is 329 g/mol. The fourth-order valence-electron chi connectivity index (χ4n) is 1.73. The van der Waals surface area contributed by atoms with Gasteiger partial charge in [-0.2, -0.15) is 0 Å². The molecule has 0 aromatic carbocycles. The fraction of sp³-hybridized carbons (Fsp3) is 0.615. The zero-order valence-electron chi connectivity index (χ0n) is 10.5. The summed E-state index contributed by atoms with van der Waals surface area (Å²) in [6, 6.07) is 1.79. The number of hydrogen-bond acceptors (Lipinski definition) is 2. The molecule has 96 valence electrons. The van der Waals surface area contributed by atoms with Gasteiger partial charge < -0.3 is 9.73 Å². The van der Waals surface area contributed by atoms with Crippen LogP contribution in [-0.4, -0.2) is 16.9 Å². The van der Waals surface area contributed by atoms with Crippen LogP contribution >= 0.6 is 22.6 Å². The molecule has 1 N–H and O–H groups in total. The molecular formula is C13H20INO2. The van der Waals surface area contributed by atoms with Crippen molar-refractivity contribution >= 4 is 28.5 Å². The molecule has 1 heterocycles. The van der Waals surface area contributed by atoms with Crippen LogP contribution in [0.15, 0.2) is 10.5 Å². The molecule has 0 atom stereocenters. The second-order valence-electron chi connectivity index (χ2n) is 4.19. The topological polar surface area (TPSA) is 42.2 Å². The van der Waals surface area contributed by atoms with Crippen LogP contribution in [0.4, 0.5) is 0 Å². The first kappa shape index (κ1) is 14.5. The third kappa shape index (κ3) is 5.10. The van der Waals surface area contributed by atoms with E-state index in [2.05, 4.69) is 27.9 Å². The minimum absolute atomic E-state index is 0.0201. The van der Waals surface area contributed by atoms with Crippen molar-refractivity contribution in [2.45, 2.75) is 39.5 Å². The maximum Gasteiger partial charge on any atom is 0.254 e. The Balaban J connectivity index is 2.23. The number of amides is 1. The number of hydrogen-bond donors (Lipinski definition) is 1. The molecule has 1 amide bonds. The molecule has 0 aliphatic heterocycles. The molecule has 0 aliphatic carbocycles. The molecule has 0 bridgehead atoms. The van der Waals surface area contributed by atoms with Gasteiger partial charge in [0.25, 0.3) is 5.91 Å². The molecule has 1 aromatic heterocycles. The molecule has 0 unspecified atom stereocenters. The van der Waals surface area contributed by atoms with E-state index in [4.69, 9.17) is 4.42 Å². The molecule has 0 radical (unpaired) electrons. The van der Waals surface area contributed by atoms with Crippen LogP contribution in [-0.2, 0) is 0 Å². The minimum Gasteiger partial charge on any atom is -0.466 e. The lowest BCUT2D eigenvalue weighted by atomic mass is 10.2. The summed E-state index contributed by atoms with van der Waals surface area (Å²) in [4.78, 5) is 11.8. The number of halogens is 1. The Kier molecular flexibility index (Phi) is 6.62. The molecule has 0 aliphatic rings. The number of rotatable bonds is 7. The quantitative estimate of drug-likeness (QED) is 0.464. The highest BCUT2D eigenvalue weighted by Gasteiger charge is 2.12. The maximum atomic E-state index is 11.8. The van der Waals surface area contributed by atoms with Crippen molar-refractivity contribution in [2.75, 3.05) is 11.0 Å². The van der Waals surface area contributed by atoms with E-state index in [0.29, 0.717) is 11.3 Å². The van der Waals surface area contributed by atoms with Crippen molar-refractivity contribution in [1.82, 2.24) is 5.32 Å². The Morgan fingerprint density at radius 1 is 1.29 bits per heavy atom. The van der Waals surface area contributed by atoms with Gasteiger partial charge in [-0.1, -0.05) is 35.4 Å². The van der Waals surface area contributed by atoms with E-state index in [0.717, 1.165) is 18.7 Å². The Bertz CT molecular complexity index is 360. The molecule has 1 rings (SSSR count). The molecule has 0 spiro atoms. The third-order valence-corrected chi connectivity index (χ3v) is 3.39. The highest BCUT2D eigenvalue weighted by Crippen LogP contribution is 2.13. The van der Waals surface area contributed by atoms with Crippen LogP contribution in [0.5, 0.6) is 0 Å². The average Bonchev–Trinajstić information content (AvgIpc) is 2.62. The predicted octanol–water partition coefficient (Wildman–Crippen LogP) is 3.62. The van der Waals surface area contributed by atoms with Crippen molar-refractivity contribution in [1.29, 1.82) is 0 Å². The Hall–Kier alpha value is -0.520. The maximum absolute atomic E-state index is 11.8. The number of furan rings is 1. The van der Waals surface area contributed by atoms with Gasteiger partial charge in [-0.05, 0) is 37.2 Å². The third-order valence-electron chi connectivity index (χ3n) is 2.63. The highest BCUT2D eigenvalue weighted by molar-refractivity contribution is 14.1. The molecule has 0 saturated heterocycles. The monoisotopic (exact) mass is 349 g/mol. The van der Waals surface area contributed by atoms with Crippen LogP contribution in [0.3, 0.4) is 0 Å². The van der Waals surface area contributed by atoms with Crippen LogP contribution in [0, 0.1) is 13.8 Å². The fourth-order valence-corrected chi connectivity index (χ4v) is 2.27. The first-order valence-corrected chi connectivity index (χ1v) is 7.59. The van der Waals surface area contributed by atoms with Crippen molar-refractivity contribution in [3.05, 3.63) is 23.2 Å². The second-order valence-corrected chi connectivity index (χ2v) is 5.26. The molecule has 3 nitrogen and oxygen atoms in total. The van der Waals surface area contributed by atoms with Gasteiger partial charge in [-0.25, -0.2) is 0 Å². The minimum atomic E-state index is -0.0201. The van der Waals surface area contributed by atoms with Crippen molar-refractivity contribution < 1.29 is 9.21 Å². The van der Waals surface area contributed by atoms with Gasteiger partial charge in [-0.3, -0.25) is 4.79 Å². The number of alkyl halides is 1. The van der Waals surface area contributed by atoms with Crippen molar-refractivity contribution in [2.24, 2.45) is 0 Å². The van der Waals surface area contributed by atoms with E-state index in [-0.39, 0.29) is 5.91 Å². The number of carbonyl (C=O) groups excluding carboxylic acids is 1. The Labute approximate surface area is 116 Å². The molecule has 1 aromatic rings. The van der Waals surface area contributed by atoms with E-state index in [1.165, 1.54) is 23.7 Å². The van der Waals surface area contributed by atoms with Gasteiger partial charge in [0.1, 0.15) is 11.5 Å². The van der Waals surface area contributed by atoms with E-state index in [9.17, 15) is 4.79 Å². The molecule has 17 heavy (non-hydrogen) atoms. The van der Waals surface area contributed by atoms with Crippen molar-refractivity contribution in [3.63, 3.8) is 0 Å². The Morgan fingerprint density at radius 2 is 2.00 bits per heavy atom. The number of unbranched alkanes of at least 4 members (excludes halogenated alkanes) is 3. The van der Waals surface area contributed by atoms with E-state index in [1.807, 2.05) is 13.8 Å². The van der Waals surface area contributed by atoms with Gasteiger partial charge in [-0.15, -0.1) is 0 Å². The zero-order chi connectivity index (χ0) is 12.7. The lowest BCUT2D eigenvalue weighted by Crippen LogP contribution is -2.24. The van der Waals surface area contributed by atoms with Crippen LogP contribution in [0.2, 0.25) is 0 Å². The van der Waals surface area contributed by atoms with Gasteiger partial charge in [0.05, 0.1) is 5.56 Å². The standard InChI is InChI=1S/C13H20INO2/c1-10-9-12(11(2)17-10)13(16)15-8-6-4-3-5-7-14/h9H,3-8H2,1-2H3,(H,15,16). The van der Waals surface area contributed by atoms with Gasteiger partial charge in [0.15, 0.2) is 0 Å². The highest BCUT2D eigenvalue weighted by atomic mass is 127. The summed E-state index contributed by atoms with van der Waals surface area (Å²) < 4.78 is 6.55. The number of aryl methyl sites for hydroxylation is 2. The number of nitrogens with one attached hydrogen (secondary N) is 1. The van der Waals surface area contributed by atoms with E-state index >= 15 is 0 Å². The Morgan fingerprint density at radius 3 is 2.59 bits per heavy atom. The van der Waals surface area contributed by atoms with Gasteiger partial charge in [0, 0.05) is 6.54 Å². The van der Waals surface area contributed by atoms with Crippen molar-refractivity contribution in [3.8, 4) is 0 Å². The summed E-state index contributed by atoms with van der Waals surface area (Å²) in [5, 5.41) is 2.93. The molecule has 0 fully saturated rings. The molecule has 4 heteroatoms. The van der Waals surface area contributed by atoms with Gasteiger partial charge in [0.2, 0.25) is 0 Å². The number of carbonyl (C=O) groups is 1. The lowest BCUT2D eigenvalue weighted by Gasteiger charge is -2.03. The summed E-state index contributed by atoms with van der Waals surface area (Å²) in [6.45, 7) is 4.43. The van der Waals surface area contributed by atoms with E-state index in [1.54, 1.807) is 6.07 Å². The lowest BCUT2D eigenvalue weighted by molar-refractivity contribution is 0.0951. The summed E-state index contributed by atoms with van der Waals surface area (Å²) in [5.74, 6) is 1.47. The predicted molar refractivity (Wildman–Crippen MR) is 77.9 cm³/mol. The molecule has 0 saturated carbocycles. The summed E-state index contributed by atoms with van der Waals surface area (Å²) in [5.41, 5.74) is 0.662. The normalized spacial score (nSPS) is 10.5. The van der Waals surface area contributed by atoms with Gasteiger partial charge >= 0.3 is 0 Å².